The van der Waals surface area contributed by atoms with Gasteiger partial charge in [0.2, 0.25) is 0 Å². The Morgan fingerprint density at radius 3 is 2.42 bits per heavy atom. The van der Waals surface area contributed by atoms with Crippen LogP contribution in [-0.2, 0) is 0 Å². The lowest BCUT2D eigenvalue weighted by molar-refractivity contribution is 0.320. The minimum atomic E-state index is -0.0377. The summed E-state index contributed by atoms with van der Waals surface area (Å²) in [5.74, 6) is 1.78. The Labute approximate surface area is 115 Å². The van der Waals surface area contributed by atoms with Crippen molar-refractivity contribution in [2.45, 2.75) is 52.1 Å². The van der Waals surface area contributed by atoms with E-state index in [0.717, 1.165) is 5.92 Å². The Morgan fingerprint density at radius 2 is 1.89 bits per heavy atom. The first-order valence-electron chi connectivity index (χ1n) is 7.31. The van der Waals surface area contributed by atoms with Crippen molar-refractivity contribution >= 4 is 0 Å². The number of phenolic OH excluding ortho intramolecular Hbond substituents is 2. The number of nitrogens with one attached hydrogen (secondary N) is 1. The van der Waals surface area contributed by atoms with Gasteiger partial charge in [-0.25, -0.2) is 0 Å². The van der Waals surface area contributed by atoms with Crippen molar-refractivity contribution in [1.29, 1.82) is 0 Å². The summed E-state index contributed by atoms with van der Waals surface area (Å²) in [7, 11) is 0. The maximum Gasteiger partial charge on any atom is 0.124 e. The van der Waals surface area contributed by atoms with E-state index in [2.05, 4.69) is 19.2 Å². The molecule has 1 aliphatic carbocycles. The van der Waals surface area contributed by atoms with Crippen LogP contribution >= 0.6 is 0 Å². The molecule has 3 nitrogen and oxygen atoms in total. The largest absolute Gasteiger partial charge is 0.507 e. The predicted octanol–water partition coefficient (Wildman–Crippen LogP) is 3.57. The third-order valence-corrected chi connectivity index (χ3v) is 4.71. The molecule has 4 atom stereocenters. The van der Waals surface area contributed by atoms with Gasteiger partial charge in [0.05, 0.1) is 5.56 Å². The van der Waals surface area contributed by atoms with Gasteiger partial charge in [0.15, 0.2) is 0 Å². The summed E-state index contributed by atoms with van der Waals surface area (Å²) in [6.45, 7) is 6.55. The molecule has 1 fully saturated rings. The standard InChI is InChI=1S/C16H25NO2/c1-4-12-8-9-13(10(12)2)17-11(3)16-14(18)6-5-7-15(16)19/h5-7,10-13,17-19H,4,8-9H2,1-3H3. The maximum atomic E-state index is 9.90. The van der Waals surface area contributed by atoms with Crippen LogP contribution in [-0.4, -0.2) is 16.3 Å². The van der Waals surface area contributed by atoms with E-state index in [1.54, 1.807) is 18.2 Å². The molecule has 0 saturated heterocycles. The molecular formula is C16H25NO2. The molecule has 3 N–H and O–H groups in total. The SMILES string of the molecule is CCC1CCC(NC(C)c2c(O)cccc2O)C1C. The van der Waals surface area contributed by atoms with Crippen molar-refractivity contribution in [2.24, 2.45) is 11.8 Å². The summed E-state index contributed by atoms with van der Waals surface area (Å²) in [6, 6.07) is 5.34. The van der Waals surface area contributed by atoms with Crippen LogP contribution in [0.2, 0.25) is 0 Å². The lowest BCUT2D eigenvalue weighted by atomic mass is 9.93. The molecule has 0 amide bonds. The average Bonchev–Trinajstić information content (AvgIpc) is 2.70. The Morgan fingerprint density at radius 1 is 1.26 bits per heavy atom. The molecule has 0 aliphatic heterocycles. The van der Waals surface area contributed by atoms with Crippen LogP contribution in [0.15, 0.2) is 18.2 Å². The monoisotopic (exact) mass is 263 g/mol. The molecule has 19 heavy (non-hydrogen) atoms. The molecule has 0 aromatic heterocycles. The second kappa shape index (κ2) is 5.83. The van der Waals surface area contributed by atoms with Gasteiger partial charge in [-0.15, -0.1) is 0 Å². The molecular weight excluding hydrogens is 238 g/mol. The number of benzene rings is 1. The molecule has 0 spiro atoms. The van der Waals surface area contributed by atoms with Gasteiger partial charge in [0.25, 0.3) is 0 Å². The normalized spacial score (nSPS) is 28.5. The number of rotatable bonds is 4. The summed E-state index contributed by atoms with van der Waals surface area (Å²) < 4.78 is 0. The van der Waals surface area contributed by atoms with Gasteiger partial charge >= 0.3 is 0 Å². The fourth-order valence-corrected chi connectivity index (χ4v) is 3.45. The van der Waals surface area contributed by atoms with E-state index in [1.807, 2.05) is 6.92 Å². The Kier molecular flexibility index (Phi) is 4.35. The van der Waals surface area contributed by atoms with Gasteiger partial charge in [-0.1, -0.05) is 26.3 Å². The first-order valence-corrected chi connectivity index (χ1v) is 7.31. The van der Waals surface area contributed by atoms with Crippen LogP contribution in [0, 0.1) is 11.8 Å². The van der Waals surface area contributed by atoms with E-state index in [4.69, 9.17) is 0 Å². The predicted molar refractivity (Wildman–Crippen MR) is 77.3 cm³/mol. The zero-order chi connectivity index (χ0) is 14.0. The molecule has 3 heteroatoms. The minimum Gasteiger partial charge on any atom is -0.507 e. The first kappa shape index (κ1) is 14.2. The van der Waals surface area contributed by atoms with Crippen molar-refractivity contribution in [3.05, 3.63) is 23.8 Å². The summed E-state index contributed by atoms with van der Waals surface area (Å²) in [5, 5.41) is 23.4. The Bertz CT molecular complexity index is 413. The number of hydrogen-bond acceptors (Lipinski definition) is 3. The van der Waals surface area contributed by atoms with Crippen molar-refractivity contribution in [2.75, 3.05) is 0 Å². The zero-order valence-corrected chi connectivity index (χ0v) is 12.1. The Hall–Kier alpha value is -1.22. The van der Waals surface area contributed by atoms with Crippen LogP contribution in [0.1, 0.15) is 51.6 Å². The van der Waals surface area contributed by atoms with Gasteiger partial charge in [0, 0.05) is 12.1 Å². The van der Waals surface area contributed by atoms with Crippen LogP contribution in [0.25, 0.3) is 0 Å². The Balaban J connectivity index is 2.08. The fourth-order valence-electron chi connectivity index (χ4n) is 3.45. The second-order valence-corrected chi connectivity index (χ2v) is 5.81. The minimum absolute atomic E-state index is 0.0377. The van der Waals surface area contributed by atoms with Crippen LogP contribution in [0.5, 0.6) is 11.5 Å². The summed E-state index contributed by atoms with van der Waals surface area (Å²) in [5.41, 5.74) is 0.606. The summed E-state index contributed by atoms with van der Waals surface area (Å²) in [6.07, 6.45) is 3.68. The van der Waals surface area contributed by atoms with E-state index in [-0.39, 0.29) is 17.5 Å². The van der Waals surface area contributed by atoms with E-state index in [1.165, 1.54) is 19.3 Å². The highest BCUT2D eigenvalue weighted by Gasteiger charge is 2.32. The topological polar surface area (TPSA) is 52.5 Å². The highest BCUT2D eigenvalue weighted by molar-refractivity contribution is 5.44. The van der Waals surface area contributed by atoms with Gasteiger partial charge in [0.1, 0.15) is 11.5 Å². The molecule has 106 valence electrons. The fraction of sp³-hybridized carbons (Fsp3) is 0.625. The van der Waals surface area contributed by atoms with Crippen LogP contribution < -0.4 is 5.32 Å². The molecule has 0 heterocycles. The molecule has 4 unspecified atom stereocenters. The quantitative estimate of drug-likeness (QED) is 0.778. The third kappa shape index (κ3) is 2.86. The maximum absolute atomic E-state index is 9.90. The summed E-state index contributed by atoms with van der Waals surface area (Å²) in [4.78, 5) is 0. The number of phenols is 2. The van der Waals surface area contributed by atoms with Gasteiger partial charge in [-0.3, -0.25) is 0 Å². The molecule has 1 saturated carbocycles. The van der Waals surface area contributed by atoms with Gasteiger partial charge in [-0.2, -0.15) is 0 Å². The average molecular weight is 263 g/mol. The van der Waals surface area contributed by atoms with Gasteiger partial charge in [-0.05, 0) is 43.7 Å². The number of aromatic hydroxyl groups is 2. The van der Waals surface area contributed by atoms with E-state index < -0.39 is 0 Å². The first-order chi connectivity index (χ1) is 9.04. The number of hydrogen-bond donors (Lipinski definition) is 3. The van der Waals surface area contributed by atoms with Crippen molar-refractivity contribution in [1.82, 2.24) is 5.32 Å². The molecule has 0 radical (unpaired) electrons. The molecule has 0 bridgehead atoms. The third-order valence-electron chi connectivity index (χ3n) is 4.71. The van der Waals surface area contributed by atoms with Crippen molar-refractivity contribution in [3.8, 4) is 11.5 Å². The lowest BCUT2D eigenvalue weighted by Crippen LogP contribution is -2.34. The molecule has 1 aliphatic rings. The van der Waals surface area contributed by atoms with E-state index in [9.17, 15) is 10.2 Å². The van der Waals surface area contributed by atoms with Crippen LogP contribution in [0.4, 0.5) is 0 Å². The zero-order valence-electron chi connectivity index (χ0n) is 12.1. The second-order valence-electron chi connectivity index (χ2n) is 5.81. The smallest absolute Gasteiger partial charge is 0.124 e. The van der Waals surface area contributed by atoms with Crippen LogP contribution in [0.3, 0.4) is 0 Å². The molecule has 1 aromatic carbocycles. The van der Waals surface area contributed by atoms with E-state index in [0.29, 0.717) is 17.5 Å². The van der Waals surface area contributed by atoms with E-state index >= 15 is 0 Å². The van der Waals surface area contributed by atoms with Crippen molar-refractivity contribution < 1.29 is 10.2 Å². The molecule has 1 aromatic rings. The lowest BCUT2D eigenvalue weighted by Gasteiger charge is -2.26. The highest BCUT2D eigenvalue weighted by Crippen LogP contribution is 2.37. The summed E-state index contributed by atoms with van der Waals surface area (Å²) >= 11 is 0. The van der Waals surface area contributed by atoms with Gasteiger partial charge < -0.3 is 15.5 Å². The molecule has 2 rings (SSSR count). The highest BCUT2D eigenvalue weighted by atomic mass is 16.3. The van der Waals surface area contributed by atoms with Crippen molar-refractivity contribution in [3.63, 3.8) is 0 Å².